The molecule has 2 rings (SSSR count). The van der Waals surface area contributed by atoms with Gasteiger partial charge in [0, 0.05) is 13.5 Å². The predicted molar refractivity (Wildman–Crippen MR) is 53.4 cm³/mol. The van der Waals surface area contributed by atoms with Crippen LogP contribution in [0.15, 0.2) is 48.6 Å². The molecule has 1 heteroatoms. The molecule has 2 radical (unpaired) electrons. The zero-order valence-electron chi connectivity index (χ0n) is 6.44. The number of hydrogen-bond acceptors (Lipinski definition) is 0. The van der Waals surface area contributed by atoms with E-state index in [1.54, 1.807) is 0 Å². The summed E-state index contributed by atoms with van der Waals surface area (Å²) in [6.07, 6.45) is 19.0. The minimum absolute atomic E-state index is 0. The lowest BCUT2D eigenvalue weighted by Crippen LogP contribution is -1.37. The van der Waals surface area contributed by atoms with Crippen molar-refractivity contribution in [2.24, 2.45) is 0 Å². The van der Waals surface area contributed by atoms with Crippen LogP contribution < -0.4 is 0 Å². The maximum absolute atomic E-state index is 2.12. The summed E-state index contributed by atoms with van der Waals surface area (Å²) in [7, 11) is 0. The second-order valence-electron chi connectivity index (χ2n) is 2.18. The van der Waals surface area contributed by atoms with Gasteiger partial charge in [-0.25, -0.2) is 0 Å². The largest absolute Gasteiger partial charge is 0.0808 e. The first-order chi connectivity index (χ1) is 5.00. The smallest absolute Gasteiger partial charge is 0 e. The molecule has 11 heavy (non-hydrogen) atoms. The molecule has 0 saturated carbocycles. The highest BCUT2D eigenvalue weighted by atomic mass is 32.1. The van der Waals surface area contributed by atoms with Crippen molar-refractivity contribution in [3.05, 3.63) is 48.6 Å². The van der Waals surface area contributed by atoms with Crippen molar-refractivity contribution < 1.29 is 0 Å². The van der Waals surface area contributed by atoms with Gasteiger partial charge in [-0.1, -0.05) is 48.6 Å². The molecule has 0 unspecified atom stereocenters. The first-order valence-corrected chi connectivity index (χ1v) is 3.63. The van der Waals surface area contributed by atoms with Crippen LogP contribution in [0.4, 0.5) is 0 Å². The Balaban J connectivity index is 0.000000167. The summed E-state index contributed by atoms with van der Waals surface area (Å²) in [6.45, 7) is 0. The maximum Gasteiger partial charge on any atom is 0 e. The Bertz CT molecular complexity index is 143. The van der Waals surface area contributed by atoms with Crippen LogP contribution in [0, 0.1) is 0 Å². The van der Waals surface area contributed by atoms with Crippen molar-refractivity contribution in [1.82, 2.24) is 0 Å². The number of allylic oxidation sites excluding steroid dienone is 8. The fraction of sp³-hybridized carbons (Fsp3) is 0.200. The lowest BCUT2D eigenvalue weighted by Gasteiger charge is -1.57. The molecule has 2 aliphatic carbocycles. The second kappa shape index (κ2) is 7.42. The van der Waals surface area contributed by atoms with Gasteiger partial charge in [0.05, 0.1) is 0 Å². The highest BCUT2D eigenvalue weighted by Gasteiger charge is 1.72. The second-order valence-corrected chi connectivity index (χ2v) is 2.18. The predicted octanol–water partition coefficient (Wildman–Crippen LogP) is 3.65. The van der Waals surface area contributed by atoms with Gasteiger partial charge in [-0.15, -0.1) is 0 Å². The van der Waals surface area contributed by atoms with Crippen molar-refractivity contribution >= 4 is 13.5 Å². The molecule has 0 bridgehead atoms. The van der Waals surface area contributed by atoms with Crippen molar-refractivity contribution in [3.8, 4) is 0 Å². The molecule has 0 aromatic carbocycles. The molecule has 0 spiro atoms. The molecule has 0 saturated heterocycles. The highest BCUT2D eigenvalue weighted by Crippen LogP contribution is 1.93. The van der Waals surface area contributed by atoms with E-state index in [1.165, 1.54) is 0 Å². The molecular formula is C10H12S. The fourth-order valence-corrected chi connectivity index (χ4v) is 0.786. The molecule has 0 aliphatic heterocycles. The standard InChI is InChI=1S/2C5H6.S/c2*1-2-4-5-3-1;/h2*1-4H,5H2;. The van der Waals surface area contributed by atoms with Gasteiger partial charge in [0.1, 0.15) is 0 Å². The minimum atomic E-state index is 0. The van der Waals surface area contributed by atoms with Gasteiger partial charge in [0.2, 0.25) is 0 Å². The van der Waals surface area contributed by atoms with E-state index in [9.17, 15) is 0 Å². The van der Waals surface area contributed by atoms with Crippen molar-refractivity contribution in [2.45, 2.75) is 12.8 Å². The summed E-state index contributed by atoms with van der Waals surface area (Å²) in [5.41, 5.74) is 0. The van der Waals surface area contributed by atoms with Crippen LogP contribution in [0.3, 0.4) is 0 Å². The summed E-state index contributed by atoms with van der Waals surface area (Å²) in [5.74, 6) is 0. The molecule has 0 N–H and O–H groups in total. The fourth-order valence-electron chi connectivity index (χ4n) is 0.786. The van der Waals surface area contributed by atoms with E-state index >= 15 is 0 Å². The van der Waals surface area contributed by atoms with E-state index < -0.39 is 0 Å². The molecular weight excluding hydrogens is 152 g/mol. The lowest BCUT2D eigenvalue weighted by atomic mass is 10.5. The first-order valence-electron chi connectivity index (χ1n) is 3.63. The molecule has 0 aromatic rings. The van der Waals surface area contributed by atoms with Crippen LogP contribution in [0.2, 0.25) is 0 Å². The van der Waals surface area contributed by atoms with Crippen LogP contribution in [-0.4, -0.2) is 0 Å². The van der Waals surface area contributed by atoms with Gasteiger partial charge in [-0.05, 0) is 12.8 Å². The molecule has 0 amide bonds. The van der Waals surface area contributed by atoms with Crippen molar-refractivity contribution in [2.75, 3.05) is 0 Å². The number of rotatable bonds is 0. The van der Waals surface area contributed by atoms with E-state index in [2.05, 4.69) is 48.6 Å². The van der Waals surface area contributed by atoms with Crippen LogP contribution in [0.25, 0.3) is 0 Å². The third-order valence-electron chi connectivity index (χ3n) is 1.31. The molecule has 2 aliphatic rings. The zero-order chi connectivity index (χ0) is 7.07. The normalized spacial score (nSPS) is 16.0. The molecule has 58 valence electrons. The van der Waals surface area contributed by atoms with E-state index in [1.807, 2.05) is 0 Å². The third-order valence-corrected chi connectivity index (χ3v) is 1.31. The van der Waals surface area contributed by atoms with E-state index in [-0.39, 0.29) is 13.5 Å². The van der Waals surface area contributed by atoms with Crippen molar-refractivity contribution in [1.29, 1.82) is 0 Å². The van der Waals surface area contributed by atoms with Gasteiger partial charge in [0.15, 0.2) is 0 Å². The first kappa shape index (κ1) is 10.3. The molecule has 0 nitrogen and oxygen atoms in total. The van der Waals surface area contributed by atoms with Crippen LogP contribution >= 0.6 is 13.5 Å². The Morgan fingerprint density at radius 3 is 0.909 bits per heavy atom. The summed E-state index contributed by atoms with van der Waals surface area (Å²) < 4.78 is 0. The Kier molecular flexibility index (Phi) is 6.95. The molecule has 0 fully saturated rings. The van der Waals surface area contributed by atoms with E-state index in [0.29, 0.717) is 0 Å². The molecule has 0 heterocycles. The van der Waals surface area contributed by atoms with Gasteiger partial charge in [-0.2, -0.15) is 0 Å². The van der Waals surface area contributed by atoms with Gasteiger partial charge in [0.25, 0.3) is 0 Å². The Morgan fingerprint density at radius 2 is 0.818 bits per heavy atom. The van der Waals surface area contributed by atoms with Gasteiger partial charge >= 0.3 is 0 Å². The van der Waals surface area contributed by atoms with E-state index in [0.717, 1.165) is 12.8 Å². The average Bonchev–Trinajstić information content (AvgIpc) is 2.67. The molecule has 0 aromatic heterocycles. The van der Waals surface area contributed by atoms with E-state index in [4.69, 9.17) is 0 Å². The topological polar surface area (TPSA) is 0 Å². The maximum atomic E-state index is 2.12. The summed E-state index contributed by atoms with van der Waals surface area (Å²) >= 11 is 0. The average molecular weight is 164 g/mol. The Hall–Kier alpha value is -0.690. The Labute approximate surface area is 75.5 Å². The van der Waals surface area contributed by atoms with Gasteiger partial charge < -0.3 is 0 Å². The van der Waals surface area contributed by atoms with Crippen LogP contribution in [0.5, 0.6) is 0 Å². The lowest BCUT2D eigenvalue weighted by molar-refractivity contribution is 1.45. The highest BCUT2D eigenvalue weighted by molar-refractivity contribution is 7.59. The van der Waals surface area contributed by atoms with Crippen LogP contribution in [0.1, 0.15) is 12.8 Å². The number of hydrogen-bond donors (Lipinski definition) is 0. The summed E-state index contributed by atoms with van der Waals surface area (Å²) in [6, 6.07) is 0. The minimum Gasteiger partial charge on any atom is -0.0808 e. The molecule has 0 atom stereocenters. The quantitative estimate of drug-likeness (QED) is 0.512. The van der Waals surface area contributed by atoms with Crippen molar-refractivity contribution in [3.63, 3.8) is 0 Å². The SMILES string of the molecule is C1=CCC=C1.C1=CCC=C1.[S]. The Morgan fingerprint density at radius 1 is 0.545 bits per heavy atom. The monoisotopic (exact) mass is 164 g/mol. The van der Waals surface area contributed by atoms with Crippen LogP contribution in [-0.2, 0) is 0 Å². The summed E-state index contributed by atoms with van der Waals surface area (Å²) in [4.78, 5) is 0. The zero-order valence-corrected chi connectivity index (χ0v) is 7.26. The summed E-state index contributed by atoms with van der Waals surface area (Å²) in [5, 5.41) is 0. The van der Waals surface area contributed by atoms with Gasteiger partial charge in [-0.3, -0.25) is 0 Å². The third kappa shape index (κ3) is 5.74.